The SMILES string of the molecule is CC1C=CC=CC1.CCOC(=O)Nc1nccc2[nH]ccc12. The van der Waals surface area contributed by atoms with E-state index in [1.54, 1.807) is 19.3 Å². The smallest absolute Gasteiger partial charge is 0.412 e. The standard InChI is InChI=1S/C10H11N3O2.C7H10/c1-2-15-10(14)13-9-7-3-5-11-8(7)4-6-12-9;1-7-5-3-2-4-6-7/h3-6,11H,2H2,1H3,(H,12,13,14);2-5,7H,6H2,1H3. The molecule has 1 atom stereocenters. The van der Waals surface area contributed by atoms with Crippen molar-refractivity contribution in [3.8, 4) is 0 Å². The zero-order valence-electron chi connectivity index (χ0n) is 12.9. The molecule has 1 amide bonds. The van der Waals surface area contributed by atoms with Crippen molar-refractivity contribution in [2.75, 3.05) is 11.9 Å². The molecular weight excluding hydrogens is 278 g/mol. The molecule has 0 spiro atoms. The molecule has 2 aromatic rings. The van der Waals surface area contributed by atoms with Crippen molar-refractivity contribution in [3.05, 3.63) is 48.8 Å². The fraction of sp³-hybridized carbons (Fsp3) is 0.294. The highest BCUT2D eigenvalue weighted by atomic mass is 16.5. The number of carbonyl (C=O) groups is 1. The largest absolute Gasteiger partial charge is 0.450 e. The molecule has 0 aromatic carbocycles. The summed E-state index contributed by atoms with van der Waals surface area (Å²) in [6, 6.07) is 3.69. The van der Waals surface area contributed by atoms with Gasteiger partial charge in [0.15, 0.2) is 0 Å². The van der Waals surface area contributed by atoms with E-state index in [2.05, 4.69) is 46.5 Å². The van der Waals surface area contributed by atoms with Crippen molar-refractivity contribution in [2.24, 2.45) is 5.92 Å². The first-order chi connectivity index (χ1) is 10.7. The summed E-state index contributed by atoms with van der Waals surface area (Å²) in [5.74, 6) is 1.28. The molecule has 22 heavy (non-hydrogen) atoms. The van der Waals surface area contributed by atoms with Crippen LogP contribution >= 0.6 is 0 Å². The molecular formula is C17H21N3O2. The molecule has 0 saturated heterocycles. The summed E-state index contributed by atoms with van der Waals surface area (Å²) in [5.41, 5.74) is 0.928. The number of fused-ring (bicyclic) bond motifs is 1. The maximum absolute atomic E-state index is 11.2. The van der Waals surface area contributed by atoms with Crippen molar-refractivity contribution < 1.29 is 9.53 Å². The minimum atomic E-state index is -0.487. The zero-order valence-corrected chi connectivity index (χ0v) is 12.9. The van der Waals surface area contributed by atoms with Gasteiger partial charge in [0, 0.05) is 17.8 Å². The van der Waals surface area contributed by atoms with E-state index in [4.69, 9.17) is 4.74 Å². The number of ether oxygens (including phenoxy) is 1. The molecule has 1 aliphatic carbocycles. The predicted molar refractivity (Wildman–Crippen MR) is 88.8 cm³/mol. The lowest BCUT2D eigenvalue weighted by Gasteiger charge is -2.04. The number of hydrogen-bond donors (Lipinski definition) is 2. The van der Waals surface area contributed by atoms with Crippen molar-refractivity contribution in [1.29, 1.82) is 0 Å². The van der Waals surface area contributed by atoms with Gasteiger partial charge in [0.2, 0.25) is 0 Å². The summed E-state index contributed by atoms with van der Waals surface area (Å²) >= 11 is 0. The van der Waals surface area contributed by atoms with Crippen molar-refractivity contribution in [2.45, 2.75) is 20.3 Å². The van der Waals surface area contributed by atoms with Gasteiger partial charge in [0.25, 0.3) is 0 Å². The highest BCUT2D eigenvalue weighted by Gasteiger charge is 2.07. The summed E-state index contributed by atoms with van der Waals surface area (Å²) in [7, 11) is 0. The van der Waals surface area contributed by atoms with Gasteiger partial charge < -0.3 is 9.72 Å². The number of nitrogens with one attached hydrogen (secondary N) is 2. The van der Waals surface area contributed by atoms with Crippen molar-refractivity contribution in [1.82, 2.24) is 9.97 Å². The molecule has 2 N–H and O–H groups in total. The third kappa shape index (κ3) is 4.48. The number of nitrogens with zero attached hydrogens (tertiary/aromatic N) is 1. The molecule has 5 nitrogen and oxygen atoms in total. The van der Waals surface area contributed by atoms with E-state index in [1.807, 2.05) is 12.1 Å². The predicted octanol–water partition coefficient (Wildman–Crippen LogP) is 4.27. The maximum Gasteiger partial charge on any atom is 0.412 e. The molecule has 2 heterocycles. The second-order valence-corrected chi connectivity index (χ2v) is 4.97. The highest BCUT2D eigenvalue weighted by Crippen LogP contribution is 2.19. The summed E-state index contributed by atoms with van der Waals surface area (Å²) in [6.45, 7) is 4.32. The van der Waals surface area contributed by atoms with E-state index in [-0.39, 0.29) is 0 Å². The number of rotatable bonds is 2. The number of allylic oxidation sites excluding steroid dienone is 4. The Hall–Kier alpha value is -2.56. The van der Waals surface area contributed by atoms with Gasteiger partial charge in [-0.3, -0.25) is 5.32 Å². The van der Waals surface area contributed by atoms with Gasteiger partial charge in [-0.1, -0.05) is 31.2 Å². The molecule has 3 rings (SSSR count). The number of amides is 1. The van der Waals surface area contributed by atoms with Crippen LogP contribution in [-0.4, -0.2) is 22.7 Å². The van der Waals surface area contributed by atoms with Crippen LogP contribution in [0.2, 0.25) is 0 Å². The molecule has 2 aromatic heterocycles. The Morgan fingerprint density at radius 3 is 2.95 bits per heavy atom. The maximum atomic E-state index is 11.2. The van der Waals surface area contributed by atoms with Gasteiger partial charge in [-0.05, 0) is 31.4 Å². The summed E-state index contributed by atoms with van der Waals surface area (Å²) < 4.78 is 4.77. The number of aromatic nitrogens is 2. The fourth-order valence-corrected chi connectivity index (χ4v) is 2.05. The van der Waals surface area contributed by atoms with Crippen LogP contribution < -0.4 is 5.32 Å². The normalized spacial score (nSPS) is 16.0. The first-order valence-corrected chi connectivity index (χ1v) is 7.40. The van der Waals surface area contributed by atoms with Crippen LogP contribution in [0, 0.1) is 5.92 Å². The minimum Gasteiger partial charge on any atom is -0.450 e. The van der Waals surface area contributed by atoms with Crippen LogP contribution in [0.25, 0.3) is 10.9 Å². The van der Waals surface area contributed by atoms with Gasteiger partial charge in [0.05, 0.1) is 12.1 Å². The Balaban J connectivity index is 0.000000211. The van der Waals surface area contributed by atoms with Gasteiger partial charge >= 0.3 is 6.09 Å². The second-order valence-electron chi connectivity index (χ2n) is 4.97. The quantitative estimate of drug-likeness (QED) is 0.870. The topological polar surface area (TPSA) is 67.0 Å². The zero-order chi connectivity index (χ0) is 15.8. The lowest BCUT2D eigenvalue weighted by atomic mass is 10.0. The first kappa shape index (κ1) is 15.8. The molecule has 0 fully saturated rings. The van der Waals surface area contributed by atoms with E-state index in [0.717, 1.165) is 16.8 Å². The molecule has 0 radical (unpaired) electrons. The van der Waals surface area contributed by atoms with Crippen LogP contribution in [0.3, 0.4) is 0 Å². The van der Waals surface area contributed by atoms with Gasteiger partial charge in [-0.2, -0.15) is 0 Å². The molecule has 116 valence electrons. The van der Waals surface area contributed by atoms with E-state index >= 15 is 0 Å². The number of H-pyrrole nitrogens is 1. The molecule has 1 unspecified atom stereocenters. The van der Waals surface area contributed by atoms with Gasteiger partial charge in [0.1, 0.15) is 5.82 Å². The molecule has 0 bridgehead atoms. The molecule has 0 saturated carbocycles. The number of anilines is 1. The lowest BCUT2D eigenvalue weighted by molar-refractivity contribution is 0.168. The monoisotopic (exact) mass is 299 g/mol. The average molecular weight is 299 g/mol. The average Bonchev–Trinajstić information content (AvgIpc) is 2.98. The third-order valence-electron chi connectivity index (χ3n) is 3.17. The Kier molecular flexibility index (Phi) is 5.77. The van der Waals surface area contributed by atoms with Crippen LogP contribution in [-0.2, 0) is 4.74 Å². The Bertz CT molecular complexity index is 673. The van der Waals surface area contributed by atoms with Crippen molar-refractivity contribution in [3.63, 3.8) is 0 Å². The Morgan fingerprint density at radius 1 is 1.45 bits per heavy atom. The lowest BCUT2D eigenvalue weighted by Crippen LogP contribution is -2.14. The summed E-state index contributed by atoms with van der Waals surface area (Å²) in [4.78, 5) is 18.3. The van der Waals surface area contributed by atoms with Gasteiger partial charge in [-0.25, -0.2) is 9.78 Å². The van der Waals surface area contributed by atoms with Crippen molar-refractivity contribution >= 4 is 22.8 Å². The van der Waals surface area contributed by atoms with E-state index < -0.39 is 6.09 Å². The summed E-state index contributed by atoms with van der Waals surface area (Å²) in [5, 5.41) is 3.45. The molecule has 1 aliphatic rings. The Labute approximate surface area is 130 Å². The second kappa shape index (κ2) is 8.02. The summed E-state index contributed by atoms with van der Waals surface area (Å²) in [6.07, 6.45) is 12.8. The molecule has 0 aliphatic heterocycles. The minimum absolute atomic E-state index is 0.342. The number of aromatic amines is 1. The highest BCUT2D eigenvalue weighted by molar-refractivity contribution is 5.96. The number of carbonyl (C=O) groups excluding carboxylic acids is 1. The van der Waals surface area contributed by atoms with Crippen LogP contribution in [0.4, 0.5) is 10.6 Å². The van der Waals surface area contributed by atoms with E-state index in [9.17, 15) is 4.79 Å². The first-order valence-electron chi connectivity index (χ1n) is 7.40. The van der Waals surface area contributed by atoms with Gasteiger partial charge in [-0.15, -0.1) is 0 Å². The Morgan fingerprint density at radius 2 is 2.32 bits per heavy atom. The van der Waals surface area contributed by atoms with E-state index in [1.165, 1.54) is 6.42 Å². The van der Waals surface area contributed by atoms with Crippen LogP contribution in [0.1, 0.15) is 20.3 Å². The number of hydrogen-bond acceptors (Lipinski definition) is 3. The van der Waals surface area contributed by atoms with Crippen LogP contribution in [0.5, 0.6) is 0 Å². The molecule has 5 heteroatoms. The number of pyridine rings is 1. The third-order valence-corrected chi connectivity index (χ3v) is 3.17. The fourth-order valence-electron chi connectivity index (χ4n) is 2.05. The van der Waals surface area contributed by atoms with E-state index in [0.29, 0.717) is 12.4 Å². The van der Waals surface area contributed by atoms with Crippen LogP contribution in [0.15, 0.2) is 48.8 Å².